The fourth-order valence-corrected chi connectivity index (χ4v) is 9.95. The zero-order valence-electron chi connectivity index (χ0n) is 29.8. The monoisotopic (exact) mass is 744 g/mol. The molecule has 10 aromatic rings. The molecule has 14 rings (SSSR count). The molecule has 8 aromatic carbocycles. The van der Waals surface area contributed by atoms with E-state index in [1.807, 2.05) is 0 Å². The Morgan fingerprint density at radius 2 is 0.596 bits per heavy atom. The maximum atomic E-state index is 5.50. The molecule has 262 valence electrons. The minimum Gasteiger partial charge on any atom is -0.231 e. The topological polar surface area (TPSA) is 84.0 Å². The molecule has 0 saturated heterocycles. The van der Waals surface area contributed by atoms with Gasteiger partial charge >= 0.3 is 0 Å². The maximum Gasteiger partial charge on any atom is 0.164 e. The van der Waals surface area contributed by atoms with Gasteiger partial charge < -0.3 is 0 Å². The average Bonchev–Trinajstić information content (AvgIpc) is 3.93. The molecule has 0 N–H and O–H groups in total. The first-order valence-electron chi connectivity index (χ1n) is 18.9. The molecule has 0 aliphatic carbocycles. The van der Waals surface area contributed by atoms with E-state index in [9.17, 15) is 0 Å². The lowest BCUT2D eigenvalue weighted by Crippen LogP contribution is -2.26. The molecule has 57 heavy (non-hydrogen) atoms. The van der Waals surface area contributed by atoms with Crippen LogP contribution in [0.4, 0.5) is 11.6 Å². The third-order valence-electron chi connectivity index (χ3n) is 11.7. The highest BCUT2D eigenvalue weighted by Crippen LogP contribution is 2.45. The number of hydrogen-bond donors (Lipinski definition) is 0. The summed E-state index contributed by atoms with van der Waals surface area (Å²) in [5.41, 5.74) is 5.26. The minimum absolute atomic E-state index is 0.618. The van der Waals surface area contributed by atoms with Gasteiger partial charge in [-0.15, -0.1) is 0 Å². The van der Waals surface area contributed by atoms with E-state index < -0.39 is 0 Å². The van der Waals surface area contributed by atoms with E-state index in [0.717, 1.165) is 109 Å². The molecule has 4 aliphatic heterocycles. The Kier molecular flexibility index (Phi) is 5.56. The summed E-state index contributed by atoms with van der Waals surface area (Å²) < 4.78 is 4.28. The first kappa shape index (κ1) is 29.8. The van der Waals surface area contributed by atoms with Crippen LogP contribution in [0.3, 0.4) is 0 Å². The predicted molar refractivity (Wildman–Crippen MR) is 233 cm³/mol. The van der Waals surface area contributed by atoms with Crippen molar-refractivity contribution in [2.24, 2.45) is 30.0 Å². The average molecular weight is 745 g/mol. The van der Waals surface area contributed by atoms with Crippen LogP contribution in [-0.2, 0) is 0 Å². The summed E-state index contributed by atoms with van der Waals surface area (Å²) in [5, 5.41) is 12.8. The lowest BCUT2D eigenvalue weighted by molar-refractivity contribution is 1.05. The van der Waals surface area contributed by atoms with Crippen LogP contribution in [0.25, 0.3) is 64.6 Å². The van der Waals surface area contributed by atoms with Gasteiger partial charge in [-0.05, 0) is 91.6 Å². The van der Waals surface area contributed by atoms with Gasteiger partial charge in [0.1, 0.15) is 0 Å². The molecule has 0 atom stereocenters. The van der Waals surface area contributed by atoms with Crippen LogP contribution in [0.15, 0.2) is 176 Å². The fourth-order valence-electron chi connectivity index (χ4n) is 8.92. The molecule has 0 amide bonds. The molecule has 0 saturated carbocycles. The summed E-state index contributed by atoms with van der Waals surface area (Å²) in [5.74, 6) is 3.95. The Morgan fingerprint density at radius 1 is 0.298 bits per heavy atom. The quantitative estimate of drug-likeness (QED) is 0.152. The van der Waals surface area contributed by atoms with Gasteiger partial charge in [-0.3, -0.25) is 0 Å². The maximum absolute atomic E-state index is 5.50. The molecule has 4 aliphatic rings. The number of aromatic nitrogens is 2. The molecule has 0 spiro atoms. The number of benzene rings is 8. The Balaban J connectivity index is 1.22. The third kappa shape index (κ3) is 4.07. The van der Waals surface area contributed by atoms with Crippen molar-refractivity contribution in [2.75, 3.05) is 0 Å². The summed E-state index contributed by atoms with van der Waals surface area (Å²) in [6.45, 7) is 0. The lowest BCUT2D eigenvalue weighted by Gasteiger charge is -2.10. The van der Waals surface area contributed by atoms with Gasteiger partial charge in [-0.2, -0.15) is 0 Å². The van der Waals surface area contributed by atoms with Crippen LogP contribution >= 0.6 is 12.1 Å². The van der Waals surface area contributed by atoms with Gasteiger partial charge in [0.2, 0.25) is 0 Å². The van der Waals surface area contributed by atoms with Crippen molar-refractivity contribution in [2.45, 2.75) is 0 Å². The zero-order chi connectivity index (χ0) is 36.9. The van der Waals surface area contributed by atoms with Crippen molar-refractivity contribution in [3.63, 3.8) is 0 Å². The molecule has 0 unspecified atom stereocenters. The molecular formula is C48H24N8S. The number of hydrogen-bond acceptors (Lipinski definition) is 7. The second-order valence-electron chi connectivity index (χ2n) is 14.9. The largest absolute Gasteiger partial charge is 0.231 e. The van der Waals surface area contributed by atoms with Gasteiger partial charge in [0.15, 0.2) is 46.0 Å². The van der Waals surface area contributed by atoms with E-state index in [2.05, 4.69) is 154 Å². The fraction of sp³-hybridized carbons (Fsp3) is 0. The molecule has 2 aromatic heterocycles. The standard InChI is InChI=1S/C48H24N8S/c1-2-10-26-18-34-33(17-25(26)9-1)41-49-42(34)52-46-39-23-31-15-7-8-16-32(31)24-40(39)48-54-44-36-20-28-12-4-3-11-27(28)19-35(36)43(50-44)53-47-38-22-30-14-6-5-13-29(30)21-37(38)45(51-41)55(47)57-56(46)48/h1-24H. The Hall–Kier alpha value is -7.49. The predicted octanol–water partition coefficient (Wildman–Crippen LogP) is 10.1. The van der Waals surface area contributed by atoms with Crippen LogP contribution in [-0.4, -0.2) is 31.3 Å². The first-order chi connectivity index (χ1) is 28.2. The van der Waals surface area contributed by atoms with Gasteiger partial charge in [-0.1, -0.05) is 97.1 Å². The molecule has 9 heteroatoms. The Labute approximate surface area is 327 Å². The van der Waals surface area contributed by atoms with Crippen molar-refractivity contribution >= 4 is 112 Å². The van der Waals surface area contributed by atoms with Gasteiger partial charge in [0, 0.05) is 43.8 Å². The number of rotatable bonds is 0. The third-order valence-corrected chi connectivity index (χ3v) is 12.7. The molecule has 6 bridgehead atoms. The normalized spacial score (nSPS) is 14.9. The first-order valence-corrected chi connectivity index (χ1v) is 19.6. The molecule has 0 radical (unpaired) electrons. The summed E-state index contributed by atoms with van der Waals surface area (Å²) >= 11 is 1.50. The van der Waals surface area contributed by atoms with E-state index in [1.54, 1.807) is 0 Å². The van der Waals surface area contributed by atoms with Crippen molar-refractivity contribution in [1.82, 2.24) is 7.94 Å². The van der Waals surface area contributed by atoms with Crippen molar-refractivity contribution < 1.29 is 0 Å². The zero-order valence-corrected chi connectivity index (χ0v) is 30.7. The van der Waals surface area contributed by atoms with Crippen molar-refractivity contribution in [3.05, 3.63) is 179 Å². The SMILES string of the molecule is c1ccc2cc3c(cc2c1)C1=NC3=Nc2c3cc4ccccc4cc3c3n2Sn2c(c4cc5ccccc5cc4c2=NC2=NC(=N3)c3cc4ccccc4cc32)=N1. The van der Waals surface area contributed by atoms with Gasteiger partial charge in [0.25, 0.3) is 0 Å². The Bertz CT molecular complexity index is 3600. The van der Waals surface area contributed by atoms with Gasteiger partial charge in [0.05, 0.1) is 12.1 Å². The highest BCUT2D eigenvalue weighted by Gasteiger charge is 2.31. The van der Waals surface area contributed by atoms with E-state index in [0.29, 0.717) is 23.3 Å². The summed E-state index contributed by atoms with van der Waals surface area (Å²) in [6, 6.07) is 51.5. The lowest BCUT2D eigenvalue weighted by atomic mass is 10.0. The van der Waals surface area contributed by atoms with Crippen LogP contribution in [0.1, 0.15) is 22.3 Å². The van der Waals surface area contributed by atoms with E-state index in [1.165, 1.54) is 12.1 Å². The number of nitrogens with zero attached hydrogens (tertiary/aromatic N) is 8. The second kappa shape index (κ2) is 10.6. The second-order valence-corrected chi connectivity index (χ2v) is 15.8. The highest BCUT2D eigenvalue weighted by atomic mass is 32.2. The molecule has 0 fully saturated rings. The summed E-state index contributed by atoms with van der Waals surface area (Å²) in [6.07, 6.45) is 0. The molecule has 8 nitrogen and oxygen atoms in total. The number of fused-ring (bicyclic) bond motifs is 18. The van der Waals surface area contributed by atoms with Crippen LogP contribution in [0.2, 0.25) is 0 Å². The smallest absolute Gasteiger partial charge is 0.164 e. The van der Waals surface area contributed by atoms with Crippen LogP contribution in [0.5, 0.6) is 0 Å². The van der Waals surface area contributed by atoms with Crippen LogP contribution in [0, 0.1) is 0 Å². The van der Waals surface area contributed by atoms with Crippen molar-refractivity contribution in [1.29, 1.82) is 0 Å². The highest BCUT2D eigenvalue weighted by molar-refractivity contribution is 7.96. The minimum atomic E-state index is 0.618. The summed E-state index contributed by atoms with van der Waals surface area (Å²) in [7, 11) is 0. The van der Waals surface area contributed by atoms with E-state index in [4.69, 9.17) is 30.0 Å². The van der Waals surface area contributed by atoms with E-state index >= 15 is 0 Å². The summed E-state index contributed by atoms with van der Waals surface area (Å²) in [4.78, 5) is 32.5. The Morgan fingerprint density at radius 3 is 0.947 bits per heavy atom. The van der Waals surface area contributed by atoms with Crippen molar-refractivity contribution in [3.8, 4) is 0 Å². The molecule has 6 heterocycles. The number of aliphatic imine (C=N–C) groups is 4. The van der Waals surface area contributed by atoms with Crippen LogP contribution < -0.4 is 11.0 Å². The van der Waals surface area contributed by atoms with Gasteiger partial charge in [-0.25, -0.2) is 37.9 Å². The van der Waals surface area contributed by atoms with E-state index in [-0.39, 0.29) is 0 Å². The number of amidine groups is 4. The molecular weight excluding hydrogens is 721 g/mol.